The molecule has 0 atom stereocenters. The Hall–Kier alpha value is -2.86. The van der Waals surface area contributed by atoms with E-state index in [9.17, 15) is 10.5 Å². The van der Waals surface area contributed by atoms with Gasteiger partial charge in [0, 0.05) is 50.4 Å². The number of hydroxylamine groups is 1. The number of hydrogen-bond acceptors (Lipinski definition) is 7. The van der Waals surface area contributed by atoms with Crippen LogP contribution in [0, 0.1) is 11.3 Å². The summed E-state index contributed by atoms with van der Waals surface area (Å²) in [4.78, 5) is 6.92. The number of hydrazine groups is 1. The molecule has 2 aromatic carbocycles. The molecular weight excluding hydrogens is 509 g/mol. The second-order valence-electron chi connectivity index (χ2n) is 9.52. The zero-order valence-electron chi connectivity index (χ0n) is 21.3. The standard InChI is InChI=1S/C28H31Cl2N5O2/c1-28(2,24-16-22(18-31)27(25(30)17-24)37-15-10-29)23-7-4-20(5-8-23)21-6-9-26(32-19-21)34-11-13-35(14-12-34)33(3)36/h4-9,16-17,19,36H,10-15H2,1-3H3. The van der Waals surface area contributed by atoms with E-state index >= 15 is 0 Å². The van der Waals surface area contributed by atoms with Crippen molar-refractivity contribution in [2.45, 2.75) is 19.3 Å². The van der Waals surface area contributed by atoms with Crippen molar-refractivity contribution in [1.82, 2.24) is 15.2 Å². The van der Waals surface area contributed by atoms with Crippen LogP contribution in [0.15, 0.2) is 54.7 Å². The van der Waals surface area contributed by atoms with Gasteiger partial charge in [-0.15, -0.1) is 16.8 Å². The Labute approximate surface area is 228 Å². The van der Waals surface area contributed by atoms with Crippen LogP contribution >= 0.6 is 23.2 Å². The maximum atomic E-state index is 9.66. The molecule has 0 spiro atoms. The zero-order chi connectivity index (χ0) is 26.6. The molecule has 9 heteroatoms. The van der Waals surface area contributed by atoms with Crippen LogP contribution in [0.5, 0.6) is 5.75 Å². The fourth-order valence-corrected chi connectivity index (χ4v) is 4.88. The van der Waals surface area contributed by atoms with E-state index in [1.54, 1.807) is 7.05 Å². The van der Waals surface area contributed by atoms with Crippen LogP contribution in [0.2, 0.25) is 5.02 Å². The second kappa shape index (κ2) is 11.7. The molecule has 4 rings (SSSR count). The van der Waals surface area contributed by atoms with Crippen LogP contribution in [0.3, 0.4) is 0 Å². The number of aromatic nitrogens is 1. The van der Waals surface area contributed by atoms with Crippen molar-refractivity contribution in [3.63, 3.8) is 0 Å². The van der Waals surface area contributed by atoms with E-state index in [4.69, 9.17) is 32.9 Å². The second-order valence-corrected chi connectivity index (χ2v) is 10.3. The van der Waals surface area contributed by atoms with Crippen molar-refractivity contribution in [1.29, 1.82) is 5.26 Å². The first-order chi connectivity index (χ1) is 17.7. The lowest BCUT2D eigenvalue weighted by molar-refractivity contribution is -0.227. The molecule has 0 unspecified atom stereocenters. The van der Waals surface area contributed by atoms with Crippen molar-refractivity contribution < 1.29 is 9.94 Å². The summed E-state index contributed by atoms with van der Waals surface area (Å²) in [6.07, 6.45) is 1.90. The number of halogens is 2. The third kappa shape index (κ3) is 6.01. The number of piperazine rings is 1. The Balaban J connectivity index is 1.50. The molecule has 1 aliphatic rings. The van der Waals surface area contributed by atoms with Gasteiger partial charge in [-0.25, -0.2) is 9.99 Å². The van der Waals surface area contributed by atoms with E-state index in [0.717, 1.165) is 59.4 Å². The van der Waals surface area contributed by atoms with Gasteiger partial charge in [0.15, 0.2) is 5.75 Å². The predicted molar refractivity (Wildman–Crippen MR) is 148 cm³/mol. The summed E-state index contributed by atoms with van der Waals surface area (Å²) in [6, 6.07) is 18.4. The number of rotatable bonds is 8. The van der Waals surface area contributed by atoms with Gasteiger partial charge in [-0.05, 0) is 41.0 Å². The Bertz CT molecular complexity index is 1250. The zero-order valence-corrected chi connectivity index (χ0v) is 22.8. The Kier molecular flexibility index (Phi) is 8.58. The van der Waals surface area contributed by atoms with Gasteiger partial charge in [0.05, 0.1) is 16.5 Å². The van der Waals surface area contributed by atoms with E-state index in [1.165, 1.54) is 0 Å². The average Bonchev–Trinajstić information content (AvgIpc) is 2.92. The highest BCUT2D eigenvalue weighted by atomic mass is 35.5. The number of nitriles is 1. The lowest BCUT2D eigenvalue weighted by atomic mass is 9.77. The van der Waals surface area contributed by atoms with Crippen molar-refractivity contribution in [3.8, 4) is 22.9 Å². The lowest BCUT2D eigenvalue weighted by Crippen LogP contribution is -2.51. The summed E-state index contributed by atoms with van der Waals surface area (Å²) in [7, 11) is 1.64. The molecule has 2 heterocycles. The minimum absolute atomic E-state index is 0.286. The third-order valence-electron chi connectivity index (χ3n) is 6.89. The van der Waals surface area contributed by atoms with E-state index in [1.807, 2.05) is 29.4 Å². The molecule has 7 nitrogen and oxygen atoms in total. The monoisotopic (exact) mass is 539 g/mol. The fraction of sp³-hybridized carbons (Fsp3) is 0.357. The lowest BCUT2D eigenvalue weighted by Gasteiger charge is -2.37. The molecule has 1 aromatic heterocycles. The van der Waals surface area contributed by atoms with E-state index in [2.05, 4.69) is 55.1 Å². The molecule has 1 N–H and O–H groups in total. The quantitative estimate of drug-likeness (QED) is 0.296. The smallest absolute Gasteiger partial charge is 0.155 e. The predicted octanol–water partition coefficient (Wildman–Crippen LogP) is 5.58. The van der Waals surface area contributed by atoms with Crippen LogP contribution in [-0.2, 0) is 5.41 Å². The van der Waals surface area contributed by atoms with Gasteiger partial charge >= 0.3 is 0 Å². The summed E-state index contributed by atoms with van der Waals surface area (Å²) in [5.41, 5.74) is 4.16. The van der Waals surface area contributed by atoms with Crippen molar-refractivity contribution in [2.75, 3.05) is 50.6 Å². The fourth-order valence-electron chi connectivity index (χ4n) is 4.53. The van der Waals surface area contributed by atoms with Crippen LogP contribution in [0.25, 0.3) is 11.1 Å². The number of anilines is 1. The molecule has 3 aromatic rings. The van der Waals surface area contributed by atoms with Gasteiger partial charge in [0.2, 0.25) is 0 Å². The first kappa shape index (κ1) is 27.2. The summed E-state index contributed by atoms with van der Waals surface area (Å²) >= 11 is 12.2. The maximum absolute atomic E-state index is 9.66. The minimum atomic E-state index is -0.383. The molecule has 37 heavy (non-hydrogen) atoms. The Morgan fingerprint density at radius 1 is 1.05 bits per heavy atom. The first-order valence-electron chi connectivity index (χ1n) is 12.2. The molecule has 0 radical (unpaired) electrons. The van der Waals surface area contributed by atoms with E-state index < -0.39 is 0 Å². The number of ether oxygens (including phenoxy) is 1. The van der Waals surface area contributed by atoms with E-state index in [-0.39, 0.29) is 12.0 Å². The highest BCUT2D eigenvalue weighted by molar-refractivity contribution is 6.32. The van der Waals surface area contributed by atoms with Crippen molar-refractivity contribution in [3.05, 3.63) is 76.4 Å². The summed E-state index contributed by atoms with van der Waals surface area (Å²) in [5, 5.41) is 22.7. The molecule has 1 saturated heterocycles. The highest BCUT2D eigenvalue weighted by Gasteiger charge is 2.26. The highest BCUT2D eigenvalue weighted by Crippen LogP contribution is 2.38. The SMILES string of the molecule is CN(O)N1CCN(c2ccc(-c3ccc(C(C)(C)c4cc(Cl)c(OCCCl)c(C#N)c4)cc3)cn2)CC1. The van der Waals surface area contributed by atoms with Gasteiger partial charge in [0.1, 0.15) is 18.5 Å². The summed E-state index contributed by atoms with van der Waals surface area (Å²) in [6.45, 7) is 7.61. The normalized spacial score (nSPS) is 14.6. The largest absolute Gasteiger partial charge is 0.489 e. The molecular formula is C28H31Cl2N5O2. The Morgan fingerprint density at radius 3 is 2.30 bits per heavy atom. The van der Waals surface area contributed by atoms with Crippen LogP contribution in [0.1, 0.15) is 30.5 Å². The van der Waals surface area contributed by atoms with Gasteiger partial charge in [0.25, 0.3) is 0 Å². The van der Waals surface area contributed by atoms with E-state index in [0.29, 0.717) is 22.2 Å². The number of alkyl halides is 1. The van der Waals surface area contributed by atoms with Crippen LogP contribution < -0.4 is 9.64 Å². The summed E-state index contributed by atoms with van der Waals surface area (Å²) < 4.78 is 5.60. The molecule has 0 aliphatic carbocycles. The Morgan fingerprint density at radius 2 is 1.73 bits per heavy atom. The van der Waals surface area contributed by atoms with Crippen LogP contribution in [-0.4, -0.2) is 66.1 Å². The average molecular weight is 540 g/mol. The number of pyridine rings is 1. The molecule has 0 amide bonds. The molecule has 0 saturated carbocycles. The first-order valence-corrected chi connectivity index (χ1v) is 13.1. The number of benzene rings is 2. The van der Waals surface area contributed by atoms with Crippen LogP contribution in [0.4, 0.5) is 5.82 Å². The minimum Gasteiger partial charge on any atom is -0.489 e. The third-order valence-corrected chi connectivity index (χ3v) is 7.32. The molecule has 1 fully saturated rings. The van der Waals surface area contributed by atoms with Gasteiger partial charge in [-0.1, -0.05) is 49.7 Å². The summed E-state index contributed by atoms with van der Waals surface area (Å²) in [5.74, 6) is 1.63. The van der Waals surface area contributed by atoms with Gasteiger partial charge in [-0.2, -0.15) is 5.26 Å². The van der Waals surface area contributed by atoms with Gasteiger partial charge in [-0.3, -0.25) is 5.21 Å². The van der Waals surface area contributed by atoms with Crippen molar-refractivity contribution in [2.24, 2.45) is 0 Å². The molecule has 194 valence electrons. The molecule has 0 bridgehead atoms. The maximum Gasteiger partial charge on any atom is 0.155 e. The van der Waals surface area contributed by atoms with Crippen molar-refractivity contribution >= 4 is 29.0 Å². The number of hydrogen-bond donors (Lipinski definition) is 1. The molecule has 1 aliphatic heterocycles. The topological polar surface area (TPSA) is 75.9 Å². The van der Waals surface area contributed by atoms with Gasteiger partial charge < -0.3 is 9.64 Å². The number of nitrogens with zero attached hydrogens (tertiary/aromatic N) is 5.